The minimum Gasteiger partial charge on any atom is -0.497 e. The van der Waals surface area contributed by atoms with Crippen molar-refractivity contribution in [1.29, 1.82) is 0 Å². The van der Waals surface area contributed by atoms with Crippen LogP contribution in [0.25, 0.3) is 0 Å². The predicted octanol–water partition coefficient (Wildman–Crippen LogP) is 3.88. The van der Waals surface area contributed by atoms with Crippen molar-refractivity contribution in [2.24, 2.45) is 5.92 Å². The van der Waals surface area contributed by atoms with Crippen molar-refractivity contribution >= 4 is 17.5 Å². The molecule has 2 aromatic carbocycles. The van der Waals surface area contributed by atoms with Crippen LogP contribution < -0.4 is 10.1 Å². The van der Waals surface area contributed by atoms with E-state index in [2.05, 4.69) is 5.32 Å². The molecule has 1 unspecified atom stereocenters. The van der Waals surface area contributed by atoms with E-state index < -0.39 is 0 Å². The number of methoxy groups -OCH3 is 1. The Morgan fingerprint density at radius 2 is 1.69 bits per heavy atom. The molecular formula is C21H24N2O3. The Hall–Kier alpha value is -2.82. The average Bonchev–Trinajstić information content (AvgIpc) is 3.52. The maximum absolute atomic E-state index is 12.7. The molecule has 0 bridgehead atoms. The number of rotatable bonds is 6. The van der Waals surface area contributed by atoms with Crippen molar-refractivity contribution in [2.45, 2.75) is 25.8 Å². The van der Waals surface area contributed by atoms with E-state index in [1.807, 2.05) is 31.2 Å². The summed E-state index contributed by atoms with van der Waals surface area (Å²) < 4.78 is 5.17. The number of hydrogen-bond donors (Lipinski definition) is 1. The highest BCUT2D eigenvalue weighted by molar-refractivity contribution is 5.96. The lowest BCUT2D eigenvalue weighted by molar-refractivity contribution is -0.117. The molecule has 1 atom stereocenters. The second kappa shape index (κ2) is 7.60. The number of nitrogens with zero attached hydrogens (tertiary/aromatic N) is 1. The van der Waals surface area contributed by atoms with Gasteiger partial charge in [-0.2, -0.15) is 0 Å². The van der Waals surface area contributed by atoms with Crippen LogP contribution in [0, 0.1) is 5.92 Å². The fraction of sp³-hybridized carbons (Fsp3) is 0.333. The zero-order valence-corrected chi connectivity index (χ0v) is 15.4. The summed E-state index contributed by atoms with van der Waals surface area (Å²) in [6.45, 7) is 1.99. The molecule has 0 saturated heterocycles. The van der Waals surface area contributed by atoms with Gasteiger partial charge < -0.3 is 15.0 Å². The molecular weight excluding hydrogens is 328 g/mol. The van der Waals surface area contributed by atoms with Crippen LogP contribution in [0.3, 0.4) is 0 Å². The maximum Gasteiger partial charge on any atom is 0.254 e. The molecule has 0 heterocycles. The van der Waals surface area contributed by atoms with Gasteiger partial charge in [-0.1, -0.05) is 12.1 Å². The molecule has 1 aliphatic carbocycles. The predicted molar refractivity (Wildman–Crippen MR) is 101 cm³/mol. The number of carbonyl (C=O) groups is 2. The first-order valence-corrected chi connectivity index (χ1v) is 8.81. The monoisotopic (exact) mass is 352 g/mol. The van der Waals surface area contributed by atoms with Crippen LogP contribution in [0.4, 0.5) is 5.69 Å². The van der Waals surface area contributed by atoms with Gasteiger partial charge in [-0.25, -0.2) is 0 Å². The summed E-state index contributed by atoms with van der Waals surface area (Å²) in [6.07, 6.45) is 1.94. The van der Waals surface area contributed by atoms with Crippen LogP contribution in [0.5, 0.6) is 5.75 Å². The van der Waals surface area contributed by atoms with Gasteiger partial charge in [0.15, 0.2) is 0 Å². The summed E-state index contributed by atoms with van der Waals surface area (Å²) in [6, 6.07) is 14.7. The molecule has 26 heavy (non-hydrogen) atoms. The molecule has 2 aromatic rings. The van der Waals surface area contributed by atoms with Gasteiger partial charge in [-0.3, -0.25) is 9.59 Å². The smallest absolute Gasteiger partial charge is 0.254 e. The summed E-state index contributed by atoms with van der Waals surface area (Å²) >= 11 is 0. The quantitative estimate of drug-likeness (QED) is 0.858. The maximum atomic E-state index is 12.7. The third kappa shape index (κ3) is 4.04. The Morgan fingerprint density at radius 3 is 2.23 bits per heavy atom. The minimum absolute atomic E-state index is 0.0617. The Labute approximate surface area is 154 Å². The van der Waals surface area contributed by atoms with E-state index in [0.29, 0.717) is 5.56 Å². The van der Waals surface area contributed by atoms with Crippen LogP contribution in [-0.4, -0.2) is 30.9 Å². The van der Waals surface area contributed by atoms with Gasteiger partial charge in [-0.15, -0.1) is 0 Å². The first kappa shape index (κ1) is 18.0. The molecule has 0 aliphatic heterocycles. The molecule has 0 radical (unpaired) electrons. The van der Waals surface area contributed by atoms with E-state index in [-0.39, 0.29) is 23.8 Å². The Morgan fingerprint density at radius 1 is 1.08 bits per heavy atom. The van der Waals surface area contributed by atoms with Crippen molar-refractivity contribution in [1.82, 2.24) is 4.90 Å². The molecule has 0 spiro atoms. The fourth-order valence-corrected chi connectivity index (χ4v) is 2.77. The Balaban J connectivity index is 1.65. The second-order valence-corrected chi connectivity index (χ2v) is 6.71. The molecule has 1 saturated carbocycles. The van der Waals surface area contributed by atoms with Crippen LogP contribution in [0.1, 0.15) is 41.7 Å². The normalized spacial score (nSPS) is 14.4. The fourth-order valence-electron chi connectivity index (χ4n) is 2.77. The van der Waals surface area contributed by atoms with E-state index >= 15 is 0 Å². The minimum atomic E-state index is -0.0670. The number of nitrogens with one attached hydrogen (secondary N) is 1. The van der Waals surface area contributed by atoms with Crippen molar-refractivity contribution in [3.63, 3.8) is 0 Å². The first-order valence-electron chi connectivity index (χ1n) is 8.81. The number of ether oxygens (including phenoxy) is 1. The molecule has 5 heteroatoms. The largest absolute Gasteiger partial charge is 0.497 e. The molecule has 5 nitrogen and oxygen atoms in total. The van der Waals surface area contributed by atoms with E-state index in [1.54, 1.807) is 43.3 Å². The molecule has 0 aromatic heterocycles. The van der Waals surface area contributed by atoms with Gasteiger partial charge in [0.25, 0.3) is 5.91 Å². The summed E-state index contributed by atoms with van der Waals surface area (Å²) in [5, 5.41) is 2.88. The molecule has 1 fully saturated rings. The lowest BCUT2D eigenvalue weighted by atomic mass is 10.1. The van der Waals surface area contributed by atoms with Gasteiger partial charge in [0.05, 0.1) is 13.2 Å². The van der Waals surface area contributed by atoms with Crippen LogP contribution >= 0.6 is 0 Å². The van der Waals surface area contributed by atoms with E-state index in [9.17, 15) is 9.59 Å². The number of anilines is 1. The lowest BCUT2D eigenvalue weighted by Crippen LogP contribution is -2.29. The van der Waals surface area contributed by atoms with Crippen molar-refractivity contribution < 1.29 is 14.3 Å². The summed E-state index contributed by atoms with van der Waals surface area (Å²) in [5.74, 6) is 0.953. The zero-order valence-electron chi connectivity index (χ0n) is 15.4. The highest BCUT2D eigenvalue weighted by atomic mass is 16.5. The number of benzene rings is 2. The van der Waals surface area contributed by atoms with Gasteiger partial charge in [0.2, 0.25) is 5.91 Å². The van der Waals surface area contributed by atoms with Crippen LogP contribution in [0.2, 0.25) is 0 Å². The number of hydrogen-bond acceptors (Lipinski definition) is 3. The van der Waals surface area contributed by atoms with Crippen molar-refractivity contribution in [3.05, 3.63) is 59.7 Å². The van der Waals surface area contributed by atoms with Crippen LogP contribution in [-0.2, 0) is 4.79 Å². The third-order valence-electron chi connectivity index (χ3n) is 4.85. The van der Waals surface area contributed by atoms with E-state index in [0.717, 1.165) is 29.8 Å². The topological polar surface area (TPSA) is 58.6 Å². The van der Waals surface area contributed by atoms with Gasteiger partial charge in [0, 0.05) is 24.2 Å². The SMILES string of the molecule is COc1ccc(C(C)N(C)C(=O)c2ccc(NC(=O)C3CC3)cc2)cc1. The van der Waals surface area contributed by atoms with Gasteiger partial charge in [0.1, 0.15) is 5.75 Å². The highest BCUT2D eigenvalue weighted by Gasteiger charge is 2.29. The van der Waals surface area contributed by atoms with Gasteiger partial charge >= 0.3 is 0 Å². The highest BCUT2D eigenvalue weighted by Crippen LogP contribution is 2.30. The van der Waals surface area contributed by atoms with E-state index in [1.165, 1.54) is 0 Å². The first-order chi connectivity index (χ1) is 12.5. The molecule has 3 rings (SSSR count). The Kier molecular flexibility index (Phi) is 5.26. The van der Waals surface area contributed by atoms with Crippen LogP contribution in [0.15, 0.2) is 48.5 Å². The average molecular weight is 352 g/mol. The van der Waals surface area contributed by atoms with E-state index in [4.69, 9.17) is 4.74 Å². The molecule has 136 valence electrons. The Bertz CT molecular complexity index is 780. The number of carbonyl (C=O) groups excluding carboxylic acids is 2. The van der Waals surface area contributed by atoms with Gasteiger partial charge in [-0.05, 0) is 61.7 Å². The molecule has 1 aliphatic rings. The third-order valence-corrected chi connectivity index (χ3v) is 4.85. The second-order valence-electron chi connectivity index (χ2n) is 6.71. The standard InChI is InChI=1S/C21H24N2O3/c1-14(15-8-12-19(26-3)13-9-15)23(2)21(25)17-6-10-18(11-7-17)22-20(24)16-4-5-16/h6-14,16H,4-5H2,1-3H3,(H,22,24). The molecule has 2 amide bonds. The summed E-state index contributed by atoms with van der Waals surface area (Å²) in [7, 11) is 3.42. The summed E-state index contributed by atoms with van der Waals surface area (Å²) in [4.78, 5) is 26.3. The van der Waals surface area contributed by atoms with Crippen molar-refractivity contribution in [2.75, 3.05) is 19.5 Å². The number of amides is 2. The lowest BCUT2D eigenvalue weighted by Gasteiger charge is -2.25. The summed E-state index contributed by atoms with van der Waals surface area (Å²) in [5.41, 5.74) is 2.36. The zero-order chi connectivity index (χ0) is 18.7. The molecule has 1 N–H and O–H groups in total. The van der Waals surface area contributed by atoms with Crippen molar-refractivity contribution in [3.8, 4) is 5.75 Å².